The molecule has 3 aliphatic rings. The van der Waals surface area contributed by atoms with Gasteiger partial charge in [-0.25, -0.2) is 8.78 Å². The molecule has 3 unspecified atom stereocenters. The summed E-state index contributed by atoms with van der Waals surface area (Å²) in [6, 6.07) is -2.36. The van der Waals surface area contributed by atoms with E-state index >= 15 is 0 Å². The highest BCUT2D eigenvalue weighted by molar-refractivity contribution is 5.24. The van der Waals surface area contributed by atoms with Crippen molar-refractivity contribution in [3.63, 3.8) is 0 Å². The van der Waals surface area contributed by atoms with E-state index in [1.165, 1.54) is 0 Å². The van der Waals surface area contributed by atoms with Crippen molar-refractivity contribution >= 4 is 0 Å². The fourth-order valence-electron chi connectivity index (χ4n) is 4.26. The van der Waals surface area contributed by atoms with Crippen LogP contribution >= 0.6 is 0 Å². The number of fused-ring (bicyclic) bond motifs is 3. The Labute approximate surface area is 125 Å². The van der Waals surface area contributed by atoms with E-state index in [9.17, 15) is 40.2 Å². The first-order valence-electron chi connectivity index (χ1n) is 6.91. The average Bonchev–Trinajstić information content (AvgIpc) is 2.93. The van der Waals surface area contributed by atoms with Gasteiger partial charge in [-0.2, -0.15) is 26.3 Å². The molecule has 0 amide bonds. The zero-order chi connectivity index (χ0) is 17.5. The van der Waals surface area contributed by atoms with Crippen LogP contribution in [0.4, 0.5) is 35.1 Å². The van der Waals surface area contributed by atoms with Crippen LogP contribution in [0.1, 0.15) is 19.3 Å². The maximum atomic E-state index is 14.5. The predicted molar refractivity (Wildman–Crippen MR) is 58.8 cm³/mol. The number of hydrogen-bond acceptors (Lipinski definition) is 3. The van der Waals surface area contributed by atoms with Crippen molar-refractivity contribution in [1.82, 2.24) is 4.90 Å². The Kier molecular flexibility index (Phi) is 3.34. The molecule has 3 atom stereocenters. The van der Waals surface area contributed by atoms with Crippen molar-refractivity contribution in [3.05, 3.63) is 0 Å². The number of nitrogens with zero attached hydrogens (tertiary/aromatic N) is 1. The second kappa shape index (κ2) is 4.48. The van der Waals surface area contributed by atoms with Crippen molar-refractivity contribution in [2.75, 3.05) is 13.2 Å². The minimum Gasteiger partial charge on any atom is -0.394 e. The van der Waals surface area contributed by atoms with Crippen LogP contribution in [0, 0.1) is 0 Å². The summed E-state index contributed by atoms with van der Waals surface area (Å²) in [6.45, 7) is -0.725. The summed E-state index contributed by atoms with van der Waals surface area (Å²) in [5.41, 5.74) is -6.76. The Morgan fingerprint density at radius 2 is 1.65 bits per heavy atom. The van der Waals surface area contributed by atoms with E-state index in [1.54, 1.807) is 0 Å². The van der Waals surface area contributed by atoms with Crippen LogP contribution in [0.25, 0.3) is 0 Å². The fraction of sp³-hybridized carbons (Fsp3) is 1.00. The number of halogens is 8. The first-order valence-corrected chi connectivity index (χ1v) is 6.91. The molecule has 3 fully saturated rings. The summed E-state index contributed by atoms with van der Waals surface area (Å²) in [5.74, 6) is -5.21. The molecular weight excluding hydrogens is 342 g/mol. The first-order chi connectivity index (χ1) is 10.3. The molecule has 3 rings (SSSR count). The number of hydrogen-bond donors (Lipinski definition) is 1. The predicted octanol–water partition coefficient (Wildman–Crippen LogP) is 2.48. The van der Waals surface area contributed by atoms with Crippen molar-refractivity contribution in [1.29, 1.82) is 0 Å². The molecule has 3 aliphatic heterocycles. The lowest BCUT2D eigenvalue weighted by atomic mass is 9.90. The van der Waals surface area contributed by atoms with Gasteiger partial charge in [-0.15, -0.1) is 0 Å². The molecule has 23 heavy (non-hydrogen) atoms. The lowest BCUT2D eigenvalue weighted by Gasteiger charge is -2.42. The van der Waals surface area contributed by atoms with E-state index in [2.05, 4.69) is 4.74 Å². The Morgan fingerprint density at radius 1 is 1.09 bits per heavy atom. The van der Waals surface area contributed by atoms with Gasteiger partial charge >= 0.3 is 23.9 Å². The number of ether oxygens (including phenoxy) is 1. The minimum absolute atomic E-state index is 0.105. The van der Waals surface area contributed by atoms with E-state index in [4.69, 9.17) is 0 Å². The quantitative estimate of drug-likeness (QED) is 0.734. The third-order valence-corrected chi connectivity index (χ3v) is 5.18. The molecule has 0 radical (unpaired) electrons. The van der Waals surface area contributed by atoms with Gasteiger partial charge in [0.1, 0.15) is 6.04 Å². The van der Waals surface area contributed by atoms with Crippen molar-refractivity contribution in [2.45, 2.75) is 60.8 Å². The molecule has 0 saturated carbocycles. The molecule has 134 valence electrons. The van der Waals surface area contributed by atoms with Crippen LogP contribution in [-0.2, 0) is 4.74 Å². The van der Waals surface area contributed by atoms with Crippen LogP contribution < -0.4 is 0 Å². The Balaban J connectivity index is 2.11. The highest BCUT2D eigenvalue weighted by atomic mass is 19.4. The Morgan fingerprint density at radius 3 is 2.13 bits per heavy atom. The van der Waals surface area contributed by atoms with Crippen LogP contribution in [0.5, 0.6) is 0 Å². The summed E-state index contributed by atoms with van der Waals surface area (Å²) in [6.07, 6.45) is -14.5. The molecule has 3 heterocycles. The van der Waals surface area contributed by atoms with Crippen molar-refractivity contribution in [2.24, 2.45) is 0 Å². The van der Waals surface area contributed by atoms with Gasteiger partial charge in [-0.05, 0) is 25.8 Å². The second-order valence-electron chi connectivity index (χ2n) is 6.28. The normalized spacial score (nSPS) is 39.5. The molecule has 0 spiro atoms. The minimum atomic E-state index is -6.32. The summed E-state index contributed by atoms with van der Waals surface area (Å²) in [4.78, 5) is 0.872. The van der Waals surface area contributed by atoms with Gasteiger partial charge < -0.3 is 9.84 Å². The zero-order valence-corrected chi connectivity index (χ0v) is 11.5. The smallest absolute Gasteiger partial charge is 0.394 e. The number of rotatable bonds is 1. The monoisotopic (exact) mass is 355 g/mol. The SMILES string of the molecule is OCC12CCCN1C1C(C2)OC(C(F)(F)F)(C(F)(F)F)C1(F)F. The zero-order valence-electron chi connectivity index (χ0n) is 11.5. The second-order valence-corrected chi connectivity index (χ2v) is 6.28. The molecule has 0 aromatic carbocycles. The summed E-state index contributed by atoms with van der Waals surface area (Å²) < 4.78 is 111. The van der Waals surface area contributed by atoms with E-state index in [0.717, 1.165) is 4.90 Å². The van der Waals surface area contributed by atoms with Gasteiger partial charge in [0.2, 0.25) is 0 Å². The van der Waals surface area contributed by atoms with E-state index in [1.807, 2.05) is 0 Å². The molecule has 0 aliphatic carbocycles. The Hall–Kier alpha value is -0.680. The lowest BCUT2D eigenvalue weighted by molar-refractivity contribution is -0.417. The largest absolute Gasteiger partial charge is 0.432 e. The lowest BCUT2D eigenvalue weighted by Crippen LogP contribution is -2.69. The van der Waals surface area contributed by atoms with E-state index in [0.29, 0.717) is 6.42 Å². The maximum Gasteiger partial charge on any atom is 0.432 e. The third-order valence-electron chi connectivity index (χ3n) is 5.18. The van der Waals surface area contributed by atoms with E-state index in [-0.39, 0.29) is 13.0 Å². The van der Waals surface area contributed by atoms with E-state index < -0.39 is 54.6 Å². The first kappa shape index (κ1) is 17.2. The van der Waals surface area contributed by atoms with Gasteiger partial charge in [-0.3, -0.25) is 4.90 Å². The molecular formula is C12H13F8NO2. The molecule has 0 aromatic heterocycles. The number of aliphatic hydroxyl groups is 1. The number of aliphatic hydroxyl groups excluding tert-OH is 1. The summed E-state index contributed by atoms with van der Waals surface area (Å²) in [5, 5.41) is 9.42. The van der Waals surface area contributed by atoms with Crippen LogP contribution in [-0.4, -0.2) is 64.7 Å². The molecule has 0 bridgehead atoms. The fourth-order valence-corrected chi connectivity index (χ4v) is 4.26. The molecule has 0 aromatic rings. The topological polar surface area (TPSA) is 32.7 Å². The third kappa shape index (κ3) is 1.81. The molecule has 1 N–H and O–H groups in total. The summed E-state index contributed by atoms with van der Waals surface area (Å²) in [7, 11) is 0. The van der Waals surface area contributed by atoms with Crippen molar-refractivity contribution in [3.8, 4) is 0 Å². The average molecular weight is 355 g/mol. The Bertz CT molecular complexity index is 490. The molecule has 3 saturated heterocycles. The number of alkyl halides is 8. The maximum absolute atomic E-state index is 14.5. The van der Waals surface area contributed by atoms with Gasteiger partial charge in [-0.1, -0.05) is 0 Å². The summed E-state index contributed by atoms with van der Waals surface area (Å²) >= 11 is 0. The standard InChI is InChI=1S/C12H13F8NO2/c13-9(14)7-6(4-8(5-22)2-1-3-21(7)8)23-10(9,11(15,16)17)12(18,19)20/h6-7,22H,1-5H2. The highest BCUT2D eigenvalue weighted by Gasteiger charge is 2.91. The van der Waals surface area contributed by atoms with Gasteiger partial charge in [0, 0.05) is 5.54 Å². The van der Waals surface area contributed by atoms with Crippen LogP contribution in [0.3, 0.4) is 0 Å². The van der Waals surface area contributed by atoms with Crippen LogP contribution in [0.2, 0.25) is 0 Å². The van der Waals surface area contributed by atoms with Gasteiger partial charge in [0.05, 0.1) is 12.7 Å². The highest BCUT2D eigenvalue weighted by Crippen LogP contribution is 2.65. The van der Waals surface area contributed by atoms with Crippen LogP contribution in [0.15, 0.2) is 0 Å². The molecule has 11 heteroatoms. The molecule has 3 nitrogen and oxygen atoms in total. The van der Waals surface area contributed by atoms with Gasteiger partial charge in [0.15, 0.2) is 0 Å². The van der Waals surface area contributed by atoms with Gasteiger partial charge in [0.25, 0.3) is 0 Å². The van der Waals surface area contributed by atoms with Crippen molar-refractivity contribution < 1.29 is 45.0 Å².